The Morgan fingerprint density at radius 3 is 2.30 bits per heavy atom. The standard InChI is InChI=1S/C46H53N3O5/c1-32(12-13-33-9-5-3-6-10-33)8-4-2-7-11-39(50)21-14-34-16-23-43(52)45(29-34)54-27-25-35-15-22-42(51)41(28-35)40(30-44(53)38-24-26-49-31-38)36-17-19-37(20-18-36)46(47)48/h3,5-7,9-11,15-20,22-24,26,28-29,31-32,40,46,51-53H,2,4,8,12-14,21,25,27,30,47-48H2,1H3/p-1/b11-7+,44-38?/t32-,40-/m1/s1. The predicted octanol–water partition coefficient (Wildman–Crippen LogP) is 7.87. The maximum Gasteiger partial charge on any atom is 0.161 e. The van der Waals surface area contributed by atoms with Crippen molar-refractivity contribution in [3.8, 4) is 17.2 Å². The number of nitrogens with zero attached hydrogens (tertiary/aromatic N) is 1. The van der Waals surface area contributed by atoms with Gasteiger partial charge in [-0.15, -0.1) is 5.76 Å². The van der Waals surface area contributed by atoms with Gasteiger partial charge < -0.3 is 31.5 Å². The SMILES string of the molecule is C[C@H](CCC/C=C/C(=O)CCc1ccc(O)c(OCCc2ccc(O)c([C@H](CC([O-])=C3C=CN=C3)c3ccc(C(N)N)cc3)c2)c1)CCc1ccccc1. The van der Waals surface area contributed by atoms with Crippen molar-refractivity contribution in [2.45, 2.75) is 76.8 Å². The maximum atomic E-state index is 13.2. The molecule has 2 atom stereocenters. The number of carbonyl (C=O) groups excluding carboxylic acids is 1. The van der Waals surface area contributed by atoms with Gasteiger partial charge in [0.05, 0.1) is 12.8 Å². The number of unbranched alkanes of at least 4 members (excludes halogenated alkanes) is 1. The van der Waals surface area contributed by atoms with E-state index in [1.807, 2.05) is 54.6 Å². The van der Waals surface area contributed by atoms with E-state index in [4.69, 9.17) is 16.2 Å². The van der Waals surface area contributed by atoms with Gasteiger partial charge in [-0.3, -0.25) is 9.79 Å². The molecule has 282 valence electrons. The Hall–Kier alpha value is -5.44. The highest BCUT2D eigenvalue weighted by Gasteiger charge is 2.20. The highest BCUT2D eigenvalue weighted by atomic mass is 16.5. The van der Waals surface area contributed by atoms with E-state index in [1.165, 1.54) is 12.0 Å². The van der Waals surface area contributed by atoms with Crippen molar-refractivity contribution in [1.82, 2.24) is 0 Å². The summed E-state index contributed by atoms with van der Waals surface area (Å²) < 4.78 is 6.01. The van der Waals surface area contributed by atoms with Crippen LogP contribution in [0, 0.1) is 5.92 Å². The summed E-state index contributed by atoms with van der Waals surface area (Å²) in [5, 5.41) is 34.7. The van der Waals surface area contributed by atoms with Crippen molar-refractivity contribution in [3.05, 3.63) is 160 Å². The zero-order valence-electron chi connectivity index (χ0n) is 31.1. The van der Waals surface area contributed by atoms with Crippen molar-refractivity contribution in [2.24, 2.45) is 22.4 Å². The molecular weight excluding hydrogens is 675 g/mol. The number of hydrogen-bond donors (Lipinski definition) is 4. The molecule has 8 nitrogen and oxygen atoms in total. The van der Waals surface area contributed by atoms with E-state index in [1.54, 1.807) is 42.8 Å². The van der Waals surface area contributed by atoms with Crippen LogP contribution in [-0.2, 0) is 24.1 Å². The van der Waals surface area contributed by atoms with E-state index in [0.717, 1.165) is 47.9 Å². The lowest BCUT2D eigenvalue weighted by Gasteiger charge is -2.25. The van der Waals surface area contributed by atoms with Gasteiger partial charge in [0.1, 0.15) is 5.75 Å². The second-order valence-electron chi connectivity index (χ2n) is 14.1. The van der Waals surface area contributed by atoms with Crippen LogP contribution in [-0.4, -0.2) is 28.8 Å². The third kappa shape index (κ3) is 12.0. The molecule has 0 amide bonds. The van der Waals surface area contributed by atoms with Gasteiger partial charge in [-0.2, -0.15) is 0 Å². The van der Waals surface area contributed by atoms with Crippen LogP contribution in [0.2, 0.25) is 0 Å². The van der Waals surface area contributed by atoms with Crippen LogP contribution in [0.1, 0.15) is 90.9 Å². The molecule has 0 fully saturated rings. The third-order valence-electron chi connectivity index (χ3n) is 9.93. The molecule has 1 aliphatic rings. The van der Waals surface area contributed by atoms with E-state index in [9.17, 15) is 20.1 Å². The van der Waals surface area contributed by atoms with Crippen LogP contribution >= 0.6 is 0 Å². The summed E-state index contributed by atoms with van der Waals surface area (Å²) in [4.78, 5) is 16.6. The minimum atomic E-state index is -0.624. The molecular formula is C46H52N3O5-. The maximum absolute atomic E-state index is 13.2. The number of rotatable bonds is 20. The summed E-state index contributed by atoms with van der Waals surface area (Å²) >= 11 is 0. The third-order valence-corrected chi connectivity index (χ3v) is 9.93. The molecule has 1 aliphatic heterocycles. The minimum absolute atomic E-state index is 0.0237. The number of aromatic hydroxyl groups is 2. The van der Waals surface area contributed by atoms with E-state index >= 15 is 0 Å². The highest BCUT2D eigenvalue weighted by Crippen LogP contribution is 2.37. The Kier molecular flexibility index (Phi) is 14.8. The van der Waals surface area contributed by atoms with Gasteiger partial charge in [-0.25, -0.2) is 0 Å². The van der Waals surface area contributed by atoms with E-state index in [2.05, 4.69) is 36.2 Å². The number of phenolic OH excluding ortho intramolecular Hbond substituents is 2. The predicted molar refractivity (Wildman–Crippen MR) is 214 cm³/mol. The lowest BCUT2D eigenvalue weighted by molar-refractivity contribution is -0.307. The fourth-order valence-electron chi connectivity index (χ4n) is 6.61. The van der Waals surface area contributed by atoms with Crippen molar-refractivity contribution in [3.63, 3.8) is 0 Å². The lowest BCUT2D eigenvalue weighted by Crippen LogP contribution is -2.20. The number of nitrogens with two attached hydrogens (primary N) is 2. The van der Waals surface area contributed by atoms with Crippen molar-refractivity contribution >= 4 is 12.0 Å². The molecule has 4 aromatic rings. The van der Waals surface area contributed by atoms with Gasteiger partial charge in [0, 0.05) is 36.7 Å². The Balaban J connectivity index is 1.13. The molecule has 8 heteroatoms. The first-order valence-electron chi connectivity index (χ1n) is 18.9. The van der Waals surface area contributed by atoms with Crippen LogP contribution in [0.4, 0.5) is 0 Å². The first kappa shape index (κ1) is 39.8. The summed E-state index contributed by atoms with van der Waals surface area (Å²) in [7, 11) is 0. The Labute approximate surface area is 319 Å². The molecule has 54 heavy (non-hydrogen) atoms. The van der Waals surface area contributed by atoms with Crippen LogP contribution < -0.4 is 21.3 Å². The monoisotopic (exact) mass is 726 g/mol. The zero-order valence-corrected chi connectivity index (χ0v) is 31.1. The quantitative estimate of drug-likeness (QED) is 0.0313. The molecule has 0 aromatic heterocycles. The summed E-state index contributed by atoms with van der Waals surface area (Å²) in [5.74, 6) is 0.653. The number of aliphatic imine (C=N–C) groups is 1. The van der Waals surface area contributed by atoms with Crippen LogP contribution in [0.25, 0.3) is 0 Å². The van der Waals surface area contributed by atoms with Gasteiger partial charge in [0.15, 0.2) is 17.3 Å². The molecule has 1 heterocycles. The molecule has 0 saturated carbocycles. The molecule has 6 N–H and O–H groups in total. The molecule has 0 unspecified atom stereocenters. The van der Waals surface area contributed by atoms with Gasteiger partial charge in [0.25, 0.3) is 0 Å². The van der Waals surface area contributed by atoms with Crippen LogP contribution in [0.15, 0.2) is 132 Å². The fourth-order valence-corrected chi connectivity index (χ4v) is 6.61. The van der Waals surface area contributed by atoms with Crippen molar-refractivity contribution < 1.29 is 24.9 Å². The average Bonchev–Trinajstić information content (AvgIpc) is 3.73. The van der Waals surface area contributed by atoms with Gasteiger partial charge in [-0.05, 0) is 108 Å². The van der Waals surface area contributed by atoms with Crippen LogP contribution in [0.3, 0.4) is 0 Å². The number of allylic oxidation sites excluding steroid dienone is 5. The molecule has 0 saturated heterocycles. The number of aryl methyl sites for hydroxylation is 2. The zero-order chi connectivity index (χ0) is 38.3. The van der Waals surface area contributed by atoms with Gasteiger partial charge in [0.2, 0.25) is 0 Å². The number of ketones is 1. The van der Waals surface area contributed by atoms with Crippen molar-refractivity contribution in [1.29, 1.82) is 0 Å². The van der Waals surface area contributed by atoms with Crippen LogP contribution in [0.5, 0.6) is 17.2 Å². The lowest BCUT2D eigenvalue weighted by atomic mass is 9.85. The largest absolute Gasteiger partial charge is 0.875 e. The molecule has 0 bridgehead atoms. The Bertz CT molecular complexity index is 1930. The van der Waals surface area contributed by atoms with Gasteiger partial charge >= 0.3 is 0 Å². The Morgan fingerprint density at radius 2 is 1.57 bits per heavy atom. The summed E-state index contributed by atoms with van der Waals surface area (Å²) in [6, 6.07) is 28.5. The normalized spacial score (nSPS) is 14.5. The highest BCUT2D eigenvalue weighted by molar-refractivity contribution is 5.89. The summed E-state index contributed by atoms with van der Waals surface area (Å²) in [5.41, 5.74) is 17.6. The number of ether oxygens (including phenoxy) is 1. The first-order chi connectivity index (χ1) is 26.2. The molecule has 0 radical (unpaired) electrons. The Morgan fingerprint density at radius 1 is 0.852 bits per heavy atom. The summed E-state index contributed by atoms with van der Waals surface area (Å²) in [6.45, 7) is 2.56. The minimum Gasteiger partial charge on any atom is -0.875 e. The number of hydrogen-bond acceptors (Lipinski definition) is 8. The number of benzene rings is 4. The number of carbonyl (C=O) groups is 1. The smallest absolute Gasteiger partial charge is 0.161 e. The fraction of sp³-hybridized carbons (Fsp3) is 0.304. The van der Waals surface area contributed by atoms with Crippen molar-refractivity contribution in [2.75, 3.05) is 6.61 Å². The second kappa shape index (κ2) is 20.1. The first-order valence-corrected chi connectivity index (χ1v) is 18.9. The molecule has 0 aliphatic carbocycles. The topological polar surface area (TPSA) is 154 Å². The number of phenols is 2. The molecule has 5 rings (SSSR count). The molecule has 0 spiro atoms. The average molecular weight is 727 g/mol. The summed E-state index contributed by atoms with van der Waals surface area (Å²) in [6.07, 6.45) is 14.8. The van der Waals surface area contributed by atoms with E-state index in [-0.39, 0.29) is 36.1 Å². The van der Waals surface area contributed by atoms with E-state index < -0.39 is 12.1 Å². The second-order valence-corrected chi connectivity index (χ2v) is 14.1. The van der Waals surface area contributed by atoms with Gasteiger partial charge in [-0.1, -0.05) is 92.2 Å². The van der Waals surface area contributed by atoms with E-state index in [0.29, 0.717) is 42.1 Å². The molecule has 4 aromatic carbocycles.